The maximum atomic E-state index is 13.0. The third-order valence-corrected chi connectivity index (χ3v) is 6.21. The first kappa shape index (κ1) is 23.1. The van der Waals surface area contributed by atoms with Crippen LogP contribution in [-0.4, -0.2) is 40.4 Å². The Hall–Kier alpha value is -3.59. The molecule has 0 radical (unpaired) electrons. The lowest BCUT2D eigenvalue weighted by Gasteiger charge is -2.17. The highest BCUT2D eigenvalue weighted by Crippen LogP contribution is 2.31. The van der Waals surface area contributed by atoms with E-state index in [1.807, 2.05) is 31.1 Å². The molecule has 0 saturated heterocycles. The number of carbonyl (C=O) groups excluding carboxylic acids is 2. The zero-order valence-electron chi connectivity index (χ0n) is 18.0. The molecule has 0 heterocycles. The van der Waals surface area contributed by atoms with Crippen LogP contribution in [0.1, 0.15) is 12.5 Å². The lowest BCUT2D eigenvalue weighted by atomic mass is 10.1. The van der Waals surface area contributed by atoms with Gasteiger partial charge in [-0.25, -0.2) is 0 Å². The molecule has 1 atom stereocenters. The minimum atomic E-state index is -4.10. The maximum Gasteiger partial charge on any atom is 0.339 e. The van der Waals surface area contributed by atoms with Crippen LogP contribution in [0.5, 0.6) is 5.75 Å². The molecule has 2 amide bonds. The Morgan fingerprint density at radius 1 is 1.00 bits per heavy atom. The van der Waals surface area contributed by atoms with Crippen molar-refractivity contribution >= 4 is 38.4 Å². The molecule has 1 unspecified atom stereocenters. The van der Waals surface area contributed by atoms with Gasteiger partial charge < -0.3 is 20.1 Å². The van der Waals surface area contributed by atoms with Crippen molar-refractivity contribution in [2.75, 3.05) is 19.0 Å². The number of primary amides is 1. The highest BCUT2D eigenvalue weighted by molar-refractivity contribution is 7.87. The third kappa shape index (κ3) is 5.17. The van der Waals surface area contributed by atoms with Gasteiger partial charge in [-0.15, -0.1) is 0 Å². The molecule has 0 fully saturated rings. The first-order chi connectivity index (χ1) is 15.1. The summed E-state index contributed by atoms with van der Waals surface area (Å²) >= 11 is 0. The van der Waals surface area contributed by atoms with Crippen molar-refractivity contribution in [1.29, 1.82) is 0 Å². The number of hydrogen-bond acceptors (Lipinski definition) is 6. The smallest absolute Gasteiger partial charge is 0.339 e. The fraction of sp³-hybridized carbons (Fsp3) is 0.217. The molecule has 9 heteroatoms. The van der Waals surface area contributed by atoms with E-state index >= 15 is 0 Å². The first-order valence-corrected chi connectivity index (χ1v) is 11.3. The highest BCUT2D eigenvalue weighted by atomic mass is 32.2. The predicted octanol–water partition coefficient (Wildman–Crippen LogP) is 2.21. The number of fused-ring (bicyclic) bond motifs is 1. The Balaban J connectivity index is 1.85. The normalized spacial score (nSPS) is 12.2. The summed E-state index contributed by atoms with van der Waals surface area (Å²) in [7, 11) is -0.314. The molecule has 0 bridgehead atoms. The van der Waals surface area contributed by atoms with Gasteiger partial charge in [0.25, 0.3) is 0 Å². The molecule has 8 nitrogen and oxygen atoms in total. The number of rotatable bonds is 8. The molecule has 3 aromatic rings. The molecule has 0 aliphatic rings. The van der Waals surface area contributed by atoms with Crippen LogP contribution in [0.3, 0.4) is 0 Å². The fourth-order valence-electron chi connectivity index (χ4n) is 3.43. The van der Waals surface area contributed by atoms with E-state index in [9.17, 15) is 18.0 Å². The molecule has 3 aromatic carbocycles. The van der Waals surface area contributed by atoms with Gasteiger partial charge in [0.15, 0.2) is 0 Å². The van der Waals surface area contributed by atoms with E-state index in [2.05, 4.69) is 5.32 Å². The predicted molar refractivity (Wildman–Crippen MR) is 123 cm³/mol. The minimum Gasteiger partial charge on any atom is -0.379 e. The van der Waals surface area contributed by atoms with Crippen molar-refractivity contribution in [2.24, 2.45) is 5.73 Å². The van der Waals surface area contributed by atoms with E-state index in [1.165, 1.54) is 25.1 Å². The lowest BCUT2D eigenvalue weighted by Crippen LogP contribution is -2.44. The average molecular weight is 456 g/mol. The molecule has 3 N–H and O–H groups in total. The van der Waals surface area contributed by atoms with Crippen LogP contribution in [0.2, 0.25) is 0 Å². The summed E-state index contributed by atoms with van der Waals surface area (Å²) in [6.07, 6.45) is 0.179. The van der Waals surface area contributed by atoms with Gasteiger partial charge >= 0.3 is 10.1 Å². The average Bonchev–Trinajstić information content (AvgIpc) is 2.73. The number of amides is 2. The number of hydrogen-bond donors (Lipinski definition) is 2. The number of nitrogens with zero attached hydrogens (tertiary/aromatic N) is 1. The Bertz CT molecular complexity index is 1250. The number of nitrogens with one attached hydrogen (secondary N) is 1. The molecule has 0 aromatic heterocycles. The molecule has 0 aliphatic heterocycles. The van der Waals surface area contributed by atoms with E-state index in [4.69, 9.17) is 9.92 Å². The van der Waals surface area contributed by atoms with E-state index in [-0.39, 0.29) is 23.0 Å². The third-order valence-electron chi connectivity index (χ3n) is 4.90. The van der Waals surface area contributed by atoms with Gasteiger partial charge in [-0.1, -0.05) is 36.4 Å². The van der Waals surface area contributed by atoms with Gasteiger partial charge in [0.05, 0.1) is 0 Å². The van der Waals surface area contributed by atoms with Gasteiger partial charge in [0, 0.05) is 43.9 Å². The van der Waals surface area contributed by atoms with Crippen molar-refractivity contribution < 1.29 is 22.2 Å². The largest absolute Gasteiger partial charge is 0.379 e. The van der Waals surface area contributed by atoms with E-state index in [1.54, 1.807) is 30.3 Å². The van der Waals surface area contributed by atoms with Crippen molar-refractivity contribution in [3.8, 4) is 5.75 Å². The number of carbonyl (C=O) groups is 2. The van der Waals surface area contributed by atoms with Crippen LogP contribution in [0.4, 0.5) is 5.69 Å². The van der Waals surface area contributed by atoms with Crippen LogP contribution in [0, 0.1) is 0 Å². The maximum absolute atomic E-state index is 13.0. The van der Waals surface area contributed by atoms with Crippen molar-refractivity contribution in [3.63, 3.8) is 0 Å². The Kier molecular flexibility index (Phi) is 6.69. The van der Waals surface area contributed by atoms with E-state index in [0.717, 1.165) is 11.1 Å². The minimum absolute atomic E-state index is 0.0715. The van der Waals surface area contributed by atoms with Crippen molar-refractivity contribution in [1.82, 2.24) is 5.32 Å². The van der Waals surface area contributed by atoms with Crippen LogP contribution >= 0.6 is 0 Å². The molecule has 0 spiro atoms. The van der Waals surface area contributed by atoms with E-state index in [0.29, 0.717) is 10.9 Å². The Morgan fingerprint density at radius 3 is 2.22 bits per heavy atom. The summed E-state index contributed by atoms with van der Waals surface area (Å²) in [6, 6.07) is 15.9. The Morgan fingerprint density at radius 2 is 1.62 bits per heavy atom. The molecule has 0 saturated carbocycles. The van der Waals surface area contributed by atoms with Crippen LogP contribution < -0.4 is 20.1 Å². The SMILES string of the molecule is CC(=O)NC(Cc1ccc(OS(=O)(=O)c2cccc3c(N(C)C)cccc23)cc1)C(N)=O. The second-order valence-corrected chi connectivity index (χ2v) is 9.08. The molecular weight excluding hydrogens is 430 g/mol. The summed E-state index contributed by atoms with van der Waals surface area (Å²) in [6.45, 7) is 1.30. The number of nitrogens with two attached hydrogens (primary N) is 1. The van der Waals surface area contributed by atoms with Crippen molar-refractivity contribution in [3.05, 3.63) is 66.2 Å². The van der Waals surface area contributed by atoms with Crippen LogP contribution in [0.25, 0.3) is 10.8 Å². The molecule has 3 rings (SSSR count). The summed E-state index contributed by atoms with van der Waals surface area (Å²) in [5.74, 6) is -0.895. The van der Waals surface area contributed by atoms with Gasteiger partial charge in [0.1, 0.15) is 16.7 Å². The van der Waals surface area contributed by atoms with Crippen molar-refractivity contribution in [2.45, 2.75) is 24.3 Å². The first-order valence-electron chi connectivity index (χ1n) is 9.87. The quantitative estimate of drug-likeness (QED) is 0.503. The zero-order valence-corrected chi connectivity index (χ0v) is 18.8. The highest BCUT2D eigenvalue weighted by Gasteiger charge is 2.21. The summed E-state index contributed by atoms with van der Waals surface area (Å²) < 4.78 is 31.4. The number of benzene rings is 3. The second kappa shape index (κ2) is 9.27. The van der Waals surface area contributed by atoms with Gasteiger partial charge in [0.2, 0.25) is 11.8 Å². The summed E-state index contributed by atoms with van der Waals surface area (Å²) in [5, 5.41) is 3.85. The molecule has 168 valence electrons. The van der Waals surface area contributed by atoms with Gasteiger partial charge in [-0.2, -0.15) is 8.42 Å². The second-order valence-electron chi connectivity index (χ2n) is 7.56. The van der Waals surface area contributed by atoms with Gasteiger partial charge in [-0.05, 0) is 29.8 Å². The topological polar surface area (TPSA) is 119 Å². The summed E-state index contributed by atoms with van der Waals surface area (Å²) in [4.78, 5) is 24.7. The Labute approximate surface area is 187 Å². The van der Waals surface area contributed by atoms with Crippen LogP contribution in [-0.2, 0) is 26.1 Å². The molecule has 0 aliphatic carbocycles. The fourth-order valence-corrected chi connectivity index (χ4v) is 4.58. The monoisotopic (exact) mass is 455 g/mol. The molecule has 32 heavy (non-hydrogen) atoms. The lowest BCUT2D eigenvalue weighted by molar-refractivity contribution is -0.126. The zero-order chi connectivity index (χ0) is 23.5. The van der Waals surface area contributed by atoms with Crippen LogP contribution in [0.15, 0.2) is 65.6 Å². The van der Waals surface area contributed by atoms with E-state index < -0.39 is 22.1 Å². The summed E-state index contributed by atoms with van der Waals surface area (Å²) in [5.41, 5.74) is 6.91. The molecular formula is C23H25N3O5S. The number of anilines is 1. The standard InChI is InChI=1S/C23H25N3O5S/c1-15(27)25-20(23(24)28)14-16-10-12-17(13-11-16)31-32(29,30)22-9-5-6-18-19(22)7-4-8-21(18)26(2)3/h4-13,20H,14H2,1-3H3,(H2,24,28)(H,25,27). The van der Waals surface area contributed by atoms with Gasteiger partial charge in [-0.3, -0.25) is 9.59 Å².